The minimum absolute atomic E-state index is 0.145. The molecule has 0 spiro atoms. The van der Waals surface area contributed by atoms with Gasteiger partial charge < -0.3 is 10.4 Å². The van der Waals surface area contributed by atoms with Crippen molar-refractivity contribution in [1.82, 2.24) is 5.32 Å². The number of carboxylic acid groups (broad SMARTS) is 1. The van der Waals surface area contributed by atoms with Crippen LogP contribution in [-0.2, 0) is 4.79 Å². The molecule has 2 N–H and O–H groups in total. The summed E-state index contributed by atoms with van der Waals surface area (Å²) in [6, 6.07) is 17.8. The molecular weight excluding hydrogens is 274 g/mol. The van der Waals surface area contributed by atoms with Crippen molar-refractivity contribution in [2.45, 2.75) is 18.4 Å². The van der Waals surface area contributed by atoms with Gasteiger partial charge in [0.2, 0.25) is 0 Å². The van der Waals surface area contributed by atoms with Crippen LogP contribution < -0.4 is 5.32 Å². The van der Waals surface area contributed by atoms with Crippen LogP contribution in [0.25, 0.3) is 11.1 Å². The van der Waals surface area contributed by atoms with Crippen molar-refractivity contribution in [2.75, 3.05) is 6.54 Å². The quantitative estimate of drug-likeness (QED) is 0.849. The molecule has 3 heteroatoms. The molecule has 0 saturated heterocycles. The molecule has 3 nitrogen and oxygen atoms in total. The van der Waals surface area contributed by atoms with Crippen LogP contribution in [0.3, 0.4) is 0 Å². The van der Waals surface area contributed by atoms with Crippen LogP contribution in [0.5, 0.6) is 0 Å². The summed E-state index contributed by atoms with van der Waals surface area (Å²) in [5.74, 6) is -1.35. The lowest BCUT2D eigenvalue weighted by molar-refractivity contribution is -0.139. The van der Waals surface area contributed by atoms with E-state index in [2.05, 4.69) is 23.5 Å². The Morgan fingerprint density at radius 1 is 1.05 bits per heavy atom. The molecule has 2 aromatic rings. The fourth-order valence-corrected chi connectivity index (χ4v) is 2.89. The van der Waals surface area contributed by atoms with Gasteiger partial charge in [-0.3, -0.25) is 4.79 Å². The van der Waals surface area contributed by atoms with E-state index in [0.29, 0.717) is 0 Å². The summed E-state index contributed by atoms with van der Waals surface area (Å²) >= 11 is 0. The first-order valence-corrected chi connectivity index (χ1v) is 7.54. The van der Waals surface area contributed by atoms with Crippen LogP contribution in [0.4, 0.5) is 0 Å². The Labute approximate surface area is 130 Å². The summed E-state index contributed by atoms with van der Waals surface area (Å²) in [6.07, 6.45) is 4.97. The van der Waals surface area contributed by atoms with E-state index < -0.39 is 11.9 Å². The second-order valence-electron chi connectivity index (χ2n) is 5.50. The Kier molecular flexibility index (Phi) is 4.35. The van der Waals surface area contributed by atoms with E-state index in [1.165, 1.54) is 0 Å². The fourth-order valence-electron chi connectivity index (χ4n) is 2.89. The lowest BCUT2D eigenvalue weighted by Gasteiger charge is -2.25. The zero-order valence-corrected chi connectivity index (χ0v) is 12.3. The summed E-state index contributed by atoms with van der Waals surface area (Å²) < 4.78 is 0. The highest BCUT2D eigenvalue weighted by Crippen LogP contribution is 2.26. The average Bonchev–Trinajstić information content (AvgIpc) is 2.57. The molecule has 0 aromatic heterocycles. The van der Waals surface area contributed by atoms with Crippen LogP contribution in [0.1, 0.15) is 17.9 Å². The van der Waals surface area contributed by atoms with E-state index >= 15 is 0 Å². The highest BCUT2D eigenvalue weighted by molar-refractivity contribution is 5.78. The summed E-state index contributed by atoms with van der Waals surface area (Å²) in [5, 5.41) is 12.9. The molecule has 22 heavy (non-hydrogen) atoms. The second-order valence-corrected chi connectivity index (χ2v) is 5.50. The van der Waals surface area contributed by atoms with Gasteiger partial charge in [0.1, 0.15) is 5.92 Å². The van der Waals surface area contributed by atoms with Crippen molar-refractivity contribution in [1.29, 1.82) is 0 Å². The van der Waals surface area contributed by atoms with Gasteiger partial charge in [0.05, 0.1) is 0 Å². The van der Waals surface area contributed by atoms with E-state index in [0.717, 1.165) is 29.7 Å². The zero-order chi connectivity index (χ0) is 15.4. The van der Waals surface area contributed by atoms with Gasteiger partial charge >= 0.3 is 5.97 Å². The maximum Gasteiger partial charge on any atom is 0.312 e. The van der Waals surface area contributed by atoms with E-state index in [4.69, 9.17) is 0 Å². The van der Waals surface area contributed by atoms with Crippen LogP contribution >= 0.6 is 0 Å². The highest BCUT2D eigenvalue weighted by Gasteiger charge is 2.28. The molecule has 1 aliphatic heterocycles. The van der Waals surface area contributed by atoms with Crippen molar-refractivity contribution < 1.29 is 9.90 Å². The normalized spacial score (nSPS) is 18.8. The summed E-state index contributed by atoms with van der Waals surface area (Å²) in [4.78, 5) is 11.7. The maximum atomic E-state index is 11.7. The number of hydrogen-bond acceptors (Lipinski definition) is 2. The lowest BCUT2D eigenvalue weighted by atomic mass is 9.89. The third kappa shape index (κ3) is 3.10. The van der Waals surface area contributed by atoms with Crippen LogP contribution in [0, 0.1) is 0 Å². The topological polar surface area (TPSA) is 49.3 Å². The number of rotatable bonds is 4. The predicted octanol–water partition coefficient (Wildman–Crippen LogP) is 3.44. The first-order valence-electron chi connectivity index (χ1n) is 7.54. The first-order chi connectivity index (χ1) is 10.8. The molecule has 2 aromatic carbocycles. The molecule has 1 heterocycles. The molecule has 0 amide bonds. The van der Waals surface area contributed by atoms with E-state index in [9.17, 15) is 9.90 Å². The molecule has 1 aliphatic rings. The molecule has 1 unspecified atom stereocenters. The van der Waals surface area contributed by atoms with Crippen molar-refractivity contribution in [2.24, 2.45) is 0 Å². The highest BCUT2D eigenvalue weighted by atomic mass is 16.4. The van der Waals surface area contributed by atoms with Crippen LogP contribution in [0.2, 0.25) is 0 Å². The number of benzene rings is 2. The Morgan fingerprint density at radius 3 is 2.32 bits per heavy atom. The molecule has 0 radical (unpaired) electrons. The van der Waals surface area contributed by atoms with E-state index in [1.807, 2.05) is 48.5 Å². The van der Waals surface area contributed by atoms with E-state index in [1.54, 1.807) is 0 Å². The van der Waals surface area contributed by atoms with Gasteiger partial charge in [-0.1, -0.05) is 66.7 Å². The molecule has 0 fully saturated rings. The third-order valence-electron chi connectivity index (χ3n) is 4.04. The zero-order valence-electron chi connectivity index (χ0n) is 12.3. The van der Waals surface area contributed by atoms with Crippen LogP contribution in [0.15, 0.2) is 66.7 Å². The molecule has 0 bridgehead atoms. The number of carboxylic acids is 1. The second kappa shape index (κ2) is 6.58. The molecule has 2 atom stereocenters. The number of carbonyl (C=O) groups is 1. The molecule has 3 rings (SSSR count). The lowest BCUT2D eigenvalue weighted by Crippen LogP contribution is -2.39. The maximum absolute atomic E-state index is 11.7. The number of nitrogens with one attached hydrogen (secondary N) is 1. The Hall–Kier alpha value is -2.39. The number of aliphatic carboxylic acids is 1. The van der Waals surface area contributed by atoms with E-state index in [-0.39, 0.29) is 6.04 Å². The average molecular weight is 293 g/mol. The SMILES string of the molecule is O=C(O)C(c1ccc(-c2ccccc2)cc1)[C@@H]1C=CCCN1. The molecule has 0 saturated carbocycles. The van der Waals surface area contributed by atoms with Gasteiger partial charge in [-0.15, -0.1) is 0 Å². The monoisotopic (exact) mass is 293 g/mol. The fraction of sp³-hybridized carbons (Fsp3) is 0.211. The van der Waals surface area contributed by atoms with Gasteiger partial charge in [-0.25, -0.2) is 0 Å². The summed E-state index contributed by atoms with van der Waals surface area (Å²) in [7, 11) is 0. The van der Waals surface area contributed by atoms with Gasteiger partial charge in [0, 0.05) is 6.04 Å². The van der Waals surface area contributed by atoms with Crippen LogP contribution in [-0.4, -0.2) is 23.7 Å². The largest absolute Gasteiger partial charge is 0.481 e. The van der Waals surface area contributed by atoms with Gasteiger partial charge in [-0.2, -0.15) is 0 Å². The van der Waals surface area contributed by atoms with Crippen molar-refractivity contribution >= 4 is 5.97 Å². The smallest absolute Gasteiger partial charge is 0.312 e. The number of hydrogen-bond donors (Lipinski definition) is 2. The first kappa shape index (κ1) is 14.5. The van der Waals surface area contributed by atoms with Gasteiger partial charge in [0.25, 0.3) is 0 Å². The van der Waals surface area contributed by atoms with Crippen molar-refractivity contribution in [3.63, 3.8) is 0 Å². The Bertz CT molecular complexity index is 662. The minimum atomic E-state index is -0.795. The molecule has 0 aliphatic carbocycles. The summed E-state index contributed by atoms with van der Waals surface area (Å²) in [6.45, 7) is 0.826. The Balaban J connectivity index is 1.88. The standard InChI is InChI=1S/C19H19NO2/c21-19(22)18(17-8-4-5-13-20-17)16-11-9-15(10-12-16)14-6-2-1-3-7-14/h1-4,6-12,17-18,20H,5,13H2,(H,21,22)/t17-,18?/m0/s1. The van der Waals surface area contributed by atoms with Gasteiger partial charge in [-0.05, 0) is 29.7 Å². The van der Waals surface area contributed by atoms with Gasteiger partial charge in [0.15, 0.2) is 0 Å². The predicted molar refractivity (Wildman–Crippen MR) is 87.8 cm³/mol. The van der Waals surface area contributed by atoms with Crippen molar-refractivity contribution in [3.8, 4) is 11.1 Å². The third-order valence-corrected chi connectivity index (χ3v) is 4.04. The summed E-state index contributed by atoms with van der Waals surface area (Å²) in [5.41, 5.74) is 3.06. The Morgan fingerprint density at radius 2 is 1.73 bits per heavy atom. The van der Waals surface area contributed by atoms with Crippen molar-refractivity contribution in [3.05, 3.63) is 72.3 Å². The molecule has 112 valence electrons. The molecular formula is C19H19NO2. The minimum Gasteiger partial charge on any atom is -0.481 e.